The fourth-order valence-electron chi connectivity index (χ4n) is 2.24. The molecule has 0 atom stereocenters. The fourth-order valence-corrected chi connectivity index (χ4v) is 3.12. The highest BCUT2D eigenvalue weighted by molar-refractivity contribution is 14.1. The average molecular weight is 371 g/mol. The molecular formula is C14H14INO3. The zero-order valence-electron chi connectivity index (χ0n) is 10.8. The molecule has 0 fully saturated rings. The Bertz CT molecular complexity index is 580. The Kier molecular flexibility index (Phi) is 3.30. The van der Waals surface area contributed by atoms with Crippen LogP contribution in [0.2, 0.25) is 0 Å². The Morgan fingerprint density at radius 3 is 2.79 bits per heavy atom. The zero-order valence-corrected chi connectivity index (χ0v) is 12.9. The van der Waals surface area contributed by atoms with Gasteiger partial charge >= 0.3 is 0 Å². The molecule has 1 heterocycles. The van der Waals surface area contributed by atoms with E-state index in [4.69, 9.17) is 14.2 Å². The maximum atomic E-state index is 5.98. The van der Waals surface area contributed by atoms with Gasteiger partial charge in [-0.2, -0.15) is 0 Å². The molecule has 0 bridgehead atoms. The van der Waals surface area contributed by atoms with Gasteiger partial charge in [0.05, 0.1) is 54.2 Å². The van der Waals surface area contributed by atoms with Crippen LogP contribution in [-0.2, 0) is 4.74 Å². The summed E-state index contributed by atoms with van der Waals surface area (Å²) in [4.78, 5) is 0. The lowest BCUT2D eigenvalue weighted by atomic mass is 10.1. The van der Waals surface area contributed by atoms with E-state index in [0.29, 0.717) is 0 Å². The predicted molar refractivity (Wildman–Crippen MR) is 81.5 cm³/mol. The number of ether oxygens (including phenoxy) is 3. The summed E-state index contributed by atoms with van der Waals surface area (Å²) in [6, 6.07) is 5.86. The van der Waals surface area contributed by atoms with E-state index in [9.17, 15) is 0 Å². The molecule has 5 heteroatoms. The molecule has 0 spiro atoms. The summed E-state index contributed by atoms with van der Waals surface area (Å²) < 4.78 is 18.7. The Hall–Kier alpha value is -1.37. The number of methoxy groups -OCH3 is 2. The van der Waals surface area contributed by atoms with E-state index in [0.717, 1.165) is 41.5 Å². The van der Waals surface area contributed by atoms with Gasteiger partial charge in [-0.05, 0) is 18.6 Å². The number of nitrogens with zero attached hydrogens (tertiary/aromatic N) is 1. The van der Waals surface area contributed by atoms with Crippen molar-refractivity contribution in [2.24, 2.45) is 0 Å². The van der Waals surface area contributed by atoms with Crippen LogP contribution >= 0.6 is 22.9 Å². The predicted octanol–water partition coefficient (Wildman–Crippen LogP) is 3.78. The van der Waals surface area contributed by atoms with Crippen molar-refractivity contribution in [3.63, 3.8) is 0 Å². The molecule has 19 heavy (non-hydrogen) atoms. The van der Waals surface area contributed by atoms with Gasteiger partial charge in [-0.3, -0.25) is 3.11 Å². The largest absolute Gasteiger partial charge is 0.501 e. The molecule has 100 valence electrons. The minimum atomic E-state index is 0.791. The van der Waals surface area contributed by atoms with Gasteiger partial charge in [0.1, 0.15) is 5.75 Å². The highest BCUT2D eigenvalue weighted by Gasteiger charge is 2.28. The maximum absolute atomic E-state index is 5.98. The highest BCUT2D eigenvalue weighted by atomic mass is 127. The molecule has 1 aliphatic heterocycles. The Balaban J connectivity index is 2.02. The molecule has 1 aromatic carbocycles. The fraction of sp³-hybridized carbons (Fsp3) is 0.286. The number of benzene rings is 1. The van der Waals surface area contributed by atoms with Crippen molar-refractivity contribution in [2.75, 3.05) is 17.3 Å². The van der Waals surface area contributed by atoms with Gasteiger partial charge in [0.25, 0.3) is 0 Å². The lowest BCUT2D eigenvalue weighted by molar-refractivity contribution is 0.268. The molecule has 2 aliphatic rings. The minimum absolute atomic E-state index is 0.791. The summed E-state index contributed by atoms with van der Waals surface area (Å²) in [7, 11) is 3.35. The highest BCUT2D eigenvalue weighted by Crippen LogP contribution is 2.45. The Morgan fingerprint density at radius 2 is 2.05 bits per heavy atom. The van der Waals surface area contributed by atoms with E-state index in [-0.39, 0.29) is 0 Å². The SMILES string of the molecule is COC1=CC2=C(CC1)N(I)c1ccc(OC)cc1O2. The first-order chi connectivity index (χ1) is 9.22. The number of anilines is 1. The number of fused-ring (bicyclic) bond motifs is 1. The molecule has 1 aromatic rings. The number of hydrogen-bond acceptors (Lipinski definition) is 4. The molecule has 0 unspecified atom stereocenters. The number of rotatable bonds is 2. The lowest BCUT2D eigenvalue weighted by Crippen LogP contribution is -2.22. The summed E-state index contributed by atoms with van der Waals surface area (Å²) in [6.45, 7) is 0. The smallest absolute Gasteiger partial charge is 0.155 e. The Morgan fingerprint density at radius 1 is 1.21 bits per heavy atom. The molecule has 0 radical (unpaired) electrons. The second-order valence-corrected chi connectivity index (χ2v) is 5.31. The van der Waals surface area contributed by atoms with Crippen LogP contribution in [0.3, 0.4) is 0 Å². The van der Waals surface area contributed by atoms with Gasteiger partial charge in [0, 0.05) is 18.6 Å². The Labute approximate surface area is 126 Å². The van der Waals surface area contributed by atoms with Gasteiger partial charge in [-0.15, -0.1) is 0 Å². The van der Waals surface area contributed by atoms with Gasteiger partial charge in [-0.1, -0.05) is 0 Å². The molecule has 0 aromatic heterocycles. The second kappa shape index (κ2) is 4.96. The summed E-state index contributed by atoms with van der Waals surface area (Å²) in [5.41, 5.74) is 2.23. The van der Waals surface area contributed by atoms with Crippen molar-refractivity contribution in [3.8, 4) is 11.5 Å². The summed E-state index contributed by atoms with van der Waals surface area (Å²) >= 11 is 2.31. The first kappa shape index (κ1) is 12.7. The number of halogens is 1. The lowest BCUT2D eigenvalue weighted by Gasteiger charge is -2.32. The third kappa shape index (κ3) is 2.16. The van der Waals surface area contributed by atoms with E-state index in [1.54, 1.807) is 14.2 Å². The number of allylic oxidation sites excluding steroid dienone is 3. The maximum Gasteiger partial charge on any atom is 0.155 e. The van der Waals surface area contributed by atoms with Crippen LogP contribution in [0.25, 0.3) is 0 Å². The van der Waals surface area contributed by atoms with Crippen molar-refractivity contribution in [1.29, 1.82) is 0 Å². The van der Waals surface area contributed by atoms with Crippen molar-refractivity contribution in [1.82, 2.24) is 0 Å². The molecule has 0 amide bonds. The van der Waals surface area contributed by atoms with Crippen molar-refractivity contribution >= 4 is 28.6 Å². The normalized spacial score (nSPS) is 17.2. The summed E-state index contributed by atoms with van der Waals surface area (Å²) in [6.07, 6.45) is 3.79. The monoisotopic (exact) mass is 371 g/mol. The van der Waals surface area contributed by atoms with Gasteiger partial charge in [-0.25, -0.2) is 0 Å². The standard InChI is InChI=1S/C14H14INO3/c1-17-9-3-5-11-13(7-9)19-14-8-10(18-2)4-6-12(14)16(11)15/h3,5,7-8H,4,6H2,1-2H3. The molecular weight excluding hydrogens is 357 g/mol. The molecule has 4 nitrogen and oxygen atoms in total. The van der Waals surface area contributed by atoms with Crippen molar-refractivity contribution < 1.29 is 14.2 Å². The quantitative estimate of drug-likeness (QED) is 0.585. The summed E-state index contributed by atoms with van der Waals surface area (Å²) in [5, 5.41) is 0. The minimum Gasteiger partial charge on any atom is -0.501 e. The molecule has 0 saturated heterocycles. The van der Waals surface area contributed by atoms with E-state index in [2.05, 4.69) is 26.0 Å². The van der Waals surface area contributed by atoms with Crippen molar-refractivity contribution in [2.45, 2.75) is 12.8 Å². The first-order valence-electron chi connectivity index (χ1n) is 6.02. The van der Waals surface area contributed by atoms with E-state index in [1.165, 1.54) is 5.70 Å². The van der Waals surface area contributed by atoms with Gasteiger partial charge < -0.3 is 14.2 Å². The third-order valence-electron chi connectivity index (χ3n) is 3.28. The number of hydrogen-bond donors (Lipinski definition) is 0. The van der Waals surface area contributed by atoms with Crippen LogP contribution in [0.5, 0.6) is 11.5 Å². The molecule has 1 aliphatic carbocycles. The van der Waals surface area contributed by atoms with E-state index < -0.39 is 0 Å². The van der Waals surface area contributed by atoms with Crippen LogP contribution in [0.15, 0.2) is 41.5 Å². The van der Waals surface area contributed by atoms with E-state index in [1.807, 2.05) is 24.3 Å². The van der Waals surface area contributed by atoms with E-state index >= 15 is 0 Å². The van der Waals surface area contributed by atoms with Gasteiger partial charge in [0.15, 0.2) is 11.5 Å². The molecule has 0 N–H and O–H groups in total. The second-order valence-electron chi connectivity index (χ2n) is 4.34. The van der Waals surface area contributed by atoms with Gasteiger partial charge in [0.2, 0.25) is 0 Å². The average Bonchev–Trinajstić information content (AvgIpc) is 2.46. The first-order valence-corrected chi connectivity index (χ1v) is 6.99. The van der Waals surface area contributed by atoms with Crippen LogP contribution in [0.4, 0.5) is 5.69 Å². The molecule has 0 saturated carbocycles. The zero-order chi connectivity index (χ0) is 13.4. The van der Waals surface area contributed by atoms with Crippen LogP contribution in [-0.4, -0.2) is 14.2 Å². The topological polar surface area (TPSA) is 30.9 Å². The van der Waals surface area contributed by atoms with Crippen LogP contribution in [0.1, 0.15) is 12.8 Å². The van der Waals surface area contributed by atoms with Crippen molar-refractivity contribution in [3.05, 3.63) is 41.5 Å². The molecule has 3 rings (SSSR count). The summed E-state index contributed by atoms with van der Waals surface area (Å²) in [5.74, 6) is 3.41. The van der Waals surface area contributed by atoms with Crippen LogP contribution < -0.4 is 12.6 Å². The third-order valence-corrected chi connectivity index (χ3v) is 4.38. The van der Waals surface area contributed by atoms with Crippen LogP contribution in [0, 0.1) is 0 Å².